The molecule has 0 unspecified atom stereocenters. The summed E-state index contributed by atoms with van der Waals surface area (Å²) in [5.74, 6) is 2.38. The van der Waals surface area contributed by atoms with Gasteiger partial charge in [0.2, 0.25) is 5.91 Å². The number of rotatable bonds is 8. The van der Waals surface area contributed by atoms with E-state index in [0.717, 1.165) is 53.8 Å². The van der Waals surface area contributed by atoms with Crippen LogP contribution in [0.15, 0.2) is 54.4 Å². The first-order valence-electron chi connectivity index (χ1n) is 11.5. The van der Waals surface area contributed by atoms with Crippen LogP contribution in [0.5, 0.6) is 5.75 Å². The van der Waals surface area contributed by atoms with Crippen molar-refractivity contribution in [3.63, 3.8) is 0 Å². The van der Waals surface area contributed by atoms with Crippen LogP contribution in [-0.4, -0.2) is 62.6 Å². The highest BCUT2D eigenvalue weighted by Crippen LogP contribution is 2.26. The molecular formula is C24H26N8O2S. The molecule has 10 nitrogen and oxygen atoms in total. The minimum atomic E-state index is 0.0129. The second kappa shape index (κ2) is 10.6. The number of thiazole rings is 1. The Morgan fingerprint density at radius 2 is 1.89 bits per heavy atom. The molecule has 0 saturated carbocycles. The third kappa shape index (κ3) is 5.46. The van der Waals surface area contributed by atoms with Gasteiger partial charge in [-0.15, -0.1) is 21.5 Å². The van der Waals surface area contributed by atoms with Gasteiger partial charge in [0, 0.05) is 42.9 Å². The zero-order chi connectivity index (χ0) is 24.0. The van der Waals surface area contributed by atoms with Crippen LogP contribution in [0.2, 0.25) is 0 Å². The Hall–Kier alpha value is -3.86. The average Bonchev–Trinajstić information content (AvgIpc) is 3.62. The van der Waals surface area contributed by atoms with E-state index in [1.807, 2.05) is 36.4 Å². The summed E-state index contributed by atoms with van der Waals surface area (Å²) in [6.07, 6.45) is 5.34. The zero-order valence-electron chi connectivity index (χ0n) is 19.4. The van der Waals surface area contributed by atoms with Crippen LogP contribution in [0.1, 0.15) is 18.5 Å². The van der Waals surface area contributed by atoms with Gasteiger partial charge in [0.1, 0.15) is 23.4 Å². The summed E-state index contributed by atoms with van der Waals surface area (Å²) in [4.78, 5) is 23.5. The van der Waals surface area contributed by atoms with E-state index >= 15 is 0 Å². The molecule has 5 rings (SSSR count). The van der Waals surface area contributed by atoms with Gasteiger partial charge in [0.05, 0.1) is 12.8 Å². The van der Waals surface area contributed by atoms with Crippen molar-refractivity contribution in [3.8, 4) is 22.1 Å². The van der Waals surface area contributed by atoms with Gasteiger partial charge < -0.3 is 15.0 Å². The monoisotopic (exact) mass is 490 g/mol. The number of methoxy groups -OCH3 is 1. The van der Waals surface area contributed by atoms with Crippen LogP contribution in [0.3, 0.4) is 0 Å². The van der Waals surface area contributed by atoms with Crippen molar-refractivity contribution in [2.75, 3.05) is 31.6 Å². The second-order valence-electron chi connectivity index (χ2n) is 8.26. The molecule has 1 amide bonds. The lowest BCUT2D eigenvalue weighted by Gasteiger charge is -2.31. The van der Waals surface area contributed by atoms with Crippen LogP contribution >= 0.6 is 11.3 Å². The van der Waals surface area contributed by atoms with Crippen LogP contribution in [-0.2, 0) is 11.2 Å². The Morgan fingerprint density at radius 1 is 1.11 bits per heavy atom. The summed E-state index contributed by atoms with van der Waals surface area (Å²) in [5.41, 5.74) is 2.06. The first kappa shape index (κ1) is 22.9. The van der Waals surface area contributed by atoms with Crippen LogP contribution in [0.25, 0.3) is 16.4 Å². The number of hydrogen-bond donors (Lipinski definition) is 1. The second-order valence-corrected chi connectivity index (χ2v) is 9.12. The molecule has 4 aromatic rings. The highest BCUT2D eigenvalue weighted by molar-refractivity contribution is 7.13. The minimum absolute atomic E-state index is 0.0129. The first-order chi connectivity index (χ1) is 17.2. The lowest BCUT2D eigenvalue weighted by atomic mass is 9.96. The molecule has 11 heteroatoms. The van der Waals surface area contributed by atoms with E-state index < -0.39 is 0 Å². The molecule has 0 atom stereocenters. The summed E-state index contributed by atoms with van der Waals surface area (Å²) in [7, 11) is 1.66. The Bertz CT molecular complexity index is 1230. The van der Waals surface area contributed by atoms with Gasteiger partial charge in [-0.05, 0) is 49.2 Å². The number of carbonyl (C=O) groups is 1. The number of amides is 1. The number of benzene rings is 1. The molecule has 1 fully saturated rings. The third-order valence-corrected chi connectivity index (χ3v) is 6.99. The molecule has 0 bridgehead atoms. The normalized spacial score (nSPS) is 14.1. The number of ether oxygens (including phenoxy) is 1. The standard InChI is InChI=1S/C24H26N8O2S/c1-34-20-4-2-18(3-5-20)24-28-19(14-35-24)8-11-26-23(33)17-9-12-31(13-10-17)21-6-7-22(30-29-21)32-16-25-15-27-32/h2-7,14-17H,8-13H2,1H3,(H,26,33). The maximum absolute atomic E-state index is 12.7. The van der Waals surface area contributed by atoms with E-state index in [9.17, 15) is 4.79 Å². The fourth-order valence-corrected chi connectivity index (χ4v) is 4.91. The Labute approximate surface area is 207 Å². The van der Waals surface area contributed by atoms with Crippen molar-refractivity contribution in [1.82, 2.24) is 35.3 Å². The molecule has 0 radical (unpaired) electrons. The van der Waals surface area contributed by atoms with Crippen LogP contribution in [0.4, 0.5) is 5.82 Å². The first-order valence-corrected chi connectivity index (χ1v) is 12.4. The quantitative estimate of drug-likeness (QED) is 0.401. The van der Waals surface area contributed by atoms with E-state index in [-0.39, 0.29) is 11.8 Å². The highest BCUT2D eigenvalue weighted by atomic mass is 32.1. The van der Waals surface area contributed by atoms with E-state index in [0.29, 0.717) is 18.8 Å². The number of hydrogen-bond acceptors (Lipinski definition) is 9. The van der Waals surface area contributed by atoms with Gasteiger partial charge in [-0.2, -0.15) is 5.10 Å². The summed E-state index contributed by atoms with van der Waals surface area (Å²) in [6, 6.07) is 11.7. The van der Waals surface area contributed by atoms with Crippen molar-refractivity contribution in [2.45, 2.75) is 19.3 Å². The number of nitrogens with one attached hydrogen (secondary N) is 1. The predicted molar refractivity (Wildman–Crippen MR) is 133 cm³/mol. The van der Waals surface area contributed by atoms with Gasteiger partial charge in [-0.1, -0.05) is 0 Å². The number of anilines is 1. The lowest BCUT2D eigenvalue weighted by Crippen LogP contribution is -2.41. The van der Waals surface area contributed by atoms with Crippen molar-refractivity contribution in [2.24, 2.45) is 5.92 Å². The largest absolute Gasteiger partial charge is 0.497 e. The number of aromatic nitrogens is 6. The molecule has 1 aliphatic heterocycles. The van der Waals surface area contributed by atoms with Crippen LogP contribution in [0, 0.1) is 5.92 Å². The number of carbonyl (C=O) groups excluding carboxylic acids is 1. The van der Waals surface area contributed by atoms with E-state index in [2.05, 4.69) is 35.9 Å². The molecule has 1 saturated heterocycles. The molecule has 3 aromatic heterocycles. The zero-order valence-corrected chi connectivity index (χ0v) is 20.2. The minimum Gasteiger partial charge on any atom is -0.497 e. The Balaban J connectivity index is 1.06. The van der Waals surface area contributed by atoms with Gasteiger partial charge in [-0.3, -0.25) is 4.79 Å². The van der Waals surface area contributed by atoms with E-state index in [4.69, 9.17) is 9.72 Å². The van der Waals surface area contributed by atoms with Gasteiger partial charge in [0.25, 0.3) is 0 Å². The highest BCUT2D eigenvalue weighted by Gasteiger charge is 2.25. The topological polar surface area (TPSA) is 111 Å². The summed E-state index contributed by atoms with van der Waals surface area (Å²) in [6.45, 7) is 2.12. The molecule has 1 aromatic carbocycles. The summed E-state index contributed by atoms with van der Waals surface area (Å²) < 4.78 is 6.78. The van der Waals surface area contributed by atoms with Gasteiger partial charge in [0.15, 0.2) is 11.6 Å². The van der Waals surface area contributed by atoms with Crippen molar-refractivity contribution in [3.05, 3.63) is 60.1 Å². The molecule has 0 aliphatic carbocycles. The van der Waals surface area contributed by atoms with Crippen molar-refractivity contribution < 1.29 is 9.53 Å². The van der Waals surface area contributed by atoms with Crippen molar-refractivity contribution >= 4 is 23.1 Å². The fraction of sp³-hybridized carbons (Fsp3) is 0.333. The Morgan fingerprint density at radius 3 is 2.57 bits per heavy atom. The lowest BCUT2D eigenvalue weighted by molar-refractivity contribution is -0.125. The third-order valence-electron chi connectivity index (χ3n) is 6.05. The molecular weight excluding hydrogens is 464 g/mol. The molecule has 4 heterocycles. The van der Waals surface area contributed by atoms with Gasteiger partial charge in [-0.25, -0.2) is 14.6 Å². The summed E-state index contributed by atoms with van der Waals surface area (Å²) in [5, 5.41) is 18.7. The Kier molecular flexibility index (Phi) is 6.94. The maximum Gasteiger partial charge on any atom is 0.223 e. The number of piperidine rings is 1. The molecule has 0 spiro atoms. The molecule has 35 heavy (non-hydrogen) atoms. The number of nitrogens with zero attached hydrogens (tertiary/aromatic N) is 7. The molecule has 1 aliphatic rings. The molecule has 1 N–H and O–H groups in total. The molecule has 180 valence electrons. The summed E-state index contributed by atoms with van der Waals surface area (Å²) >= 11 is 1.61. The van der Waals surface area contributed by atoms with Crippen LogP contribution < -0.4 is 15.0 Å². The smallest absolute Gasteiger partial charge is 0.223 e. The van der Waals surface area contributed by atoms with Crippen molar-refractivity contribution in [1.29, 1.82) is 0 Å². The maximum atomic E-state index is 12.7. The van der Waals surface area contributed by atoms with E-state index in [1.54, 1.807) is 29.5 Å². The fourth-order valence-electron chi connectivity index (χ4n) is 4.05. The van der Waals surface area contributed by atoms with E-state index in [1.165, 1.54) is 6.33 Å². The average molecular weight is 491 g/mol. The predicted octanol–water partition coefficient (Wildman–Crippen LogP) is 2.76. The van der Waals surface area contributed by atoms with Gasteiger partial charge >= 0.3 is 0 Å². The SMILES string of the molecule is COc1ccc(-c2nc(CCNC(=O)C3CCN(c4ccc(-n5cncn5)nn4)CC3)cs2)cc1.